The van der Waals surface area contributed by atoms with Gasteiger partial charge >= 0.3 is 0 Å². The quantitative estimate of drug-likeness (QED) is 0.854. The van der Waals surface area contributed by atoms with Gasteiger partial charge in [0.25, 0.3) is 5.91 Å². The van der Waals surface area contributed by atoms with Crippen molar-refractivity contribution in [2.45, 2.75) is 31.1 Å². The van der Waals surface area contributed by atoms with E-state index >= 15 is 0 Å². The first-order valence-electron chi connectivity index (χ1n) is 6.48. The molecule has 1 aromatic rings. The Labute approximate surface area is 133 Å². The standard InChI is InChI=1S/C13H16Cl2N2O3S/c1-2-13(3-4-13)7-17-12(18)8-5-9(14)11(15)10(6-8)21(16,19)20/h5-6H,2-4,7H2,1H3,(H,17,18)(H2,16,19,20). The number of hydrogen-bond donors (Lipinski definition) is 2. The maximum Gasteiger partial charge on any atom is 0.251 e. The number of carbonyl (C=O) groups excluding carboxylic acids is 1. The molecule has 1 saturated carbocycles. The van der Waals surface area contributed by atoms with Crippen molar-refractivity contribution in [1.29, 1.82) is 0 Å². The van der Waals surface area contributed by atoms with Crippen molar-refractivity contribution in [2.24, 2.45) is 10.6 Å². The maximum absolute atomic E-state index is 12.1. The van der Waals surface area contributed by atoms with Gasteiger partial charge in [0.2, 0.25) is 10.0 Å². The van der Waals surface area contributed by atoms with Gasteiger partial charge in [-0.1, -0.05) is 30.1 Å². The van der Waals surface area contributed by atoms with Crippen LogP contribution in [0, 0.1) is 5.41 Å². The predicted octanol–water partition coefficient (Wildman–Crippen LogP) is 2.56. The van der Waals surface area contributed by atoms with E-state index in [0.29, 0.717) is 6.54 Å². The number of halogens is 2. The molecule has 0 spiro atoms. The van der Waals surface area contributed by atoms with E-state index < -0.39 is 15.9 Å². The largest absolute Gasteiger partial charge is 0.351 e. The monoisotopic (exact) mass is 350 g/mol. The molecule has 116 valence electrons. The third-order valence-corrected chi connectivity index (χ3v) is 5.74. The van der Waals surface area contributed by atoms with Crippen molar-refractivity contribution in [2.75, 3.05) is 6.54 Å². The summed E-state index contributed by atoms with van der Waals surface area (Å²) < 4.78 is 22.9. The third-order valence-electron chi connectivity index (χ3n) is 3.89. The van der Waals surface area contributed by atoms with Gasteiger partial charge in [-0.3, -0.25) is 4.79 Å². The molecule has 0 atom stereocenters. The van der Waals surface area contributed by atoms with Gasteiger partial charge in [0.1, 0.15) is 4.90 Å². The summed E-state index contributed by atoms with van der Waals surface area (Å²) in [5, 5.41) is 7.67. The van der Waals surface area contributed by atoms with Crippen molar-refractivity contribution in [1.82, 2.24) is 5.32 Å². The highest BCUT2D eigenvalue weighted by molar-refractivity contribution is 7.89. The first-order chi connectivity index (χ1) is 9.68. The van der Waals surface area contributed by atoms with Gasteiger partial charge in [0, 0.05) is 12.1 Å². The number of nitrogens with two attached hydrogens (primary N) is 1. The lowest BCUT2D eigenvalue weighted by atomic mass is 10.0. The molecule has 0 heterocycles. The second kappa shape index (κ2) is 5.76. The Morgan fingerprint density at radius 3 is 2.48 bits per heavy atom. The maximum atomic E-state index is 12.1. The molecule has 0 unspecified atom stereocenters. The van der Waals surface area contributed by atoms with Crippen molar-refractivity contribution >= 4 is 39.1 Å². The fourth-order valence-electron chi connectivity index (χ4n) is 2.10. The van der Waals surface area contributed by atoms with E-state index in [1.165, 1.54) is 6.07 Å². The van der Waals surface area contributed by atoms with Gasteiger partial charge in [-0.05, 0) is 36.8 Å². The first kappa shape index (κ1) is 16.5. The lowest BCUT2D eigenvalue weighted by Gasteiger charge is -2.14. The van der Waals surface area contributed by atoms with Crippen LogP contribution in [0.3, 0.4) is 0 Å². The smallest absolute Gasteiger partial charge is 0.251 e. The Balaban J connectivity index is 2.24. The minimum atomic E-state index is -4.04. The number of primary sulfonamides is 1. The van der Waals surface area contributed by atoms with E-state index in [1.807, 2.05) is 0 Å². The number of sulfonamides is 1. The molecule has 5 nitrogen and oxygen atoms in total. The molecule has 1 aliphatic carbocycles. The SMILES string of the molecule is CCC1(CNC(=O)c2cc(Cl)c(Cl)c(S(N)(=O)=O)c2)CC1. The molecule has 0 saturated heterocycles. The lowest BCUT2D eigenvalue weighted by molar-refractivity contribution is 0.0944. The molecule has 0 aliphatic heterocycles. The number of rotatable bonds is 5. The highest BCUT2D eigenvalue weighted by Gasteiger charge is 2.40. The average Bonchev–Trinajstić information content (AvgIpc) is 3.18. The van der Waals surface area contributed by atoms with Crippen LogP contribution in [0.25, 0.3) is 0 Å². The summed E-state index contributed by atoms with van der Waals surface area (Å²) in [4.78, 5) is 11.8. The van der Waals surface area contributed by atoms with E-state index in [0.717, 1.165) is 25.3 Å². The van der Waals surface area contributed by atoms with Crippen molar-refractivity contribution in [3.8, 4) is 0 Å². The average molecular weight is 351 g/mol. The van der Waals surface area contributed by atoms with E-state index in [2.05, 4.69) is 12.2 Å². The first-order valence-corrected chi connectivity index (χ1v) is 8.79. The Morgan fingerprint density at radius 1 is 1.38 bits per heavy atom. The zero-order chi connectivity index (χ0) is 15.8. The fourth-order valence-corrected chi connectivity index (χ4v) is 3.46. The van der Waals surface area contributed by atoms with Crippen LogP contribution < -0.4 is 10.5 Å². The number of benzene rings is 1. The third kappa shape index (κ3) is 3.69. The summed E-state index contributed by atoms with van der Waals surface area (Å²) >= 11 is 11.7. The molecule has 0 aromatic heterocycles. The molecule has 21 heavy (non-hydrogen) atoms. The highest BCUT2D eigenvalue weighted by atomic mass is 35.5. The molecular formula is C13H16Cl2N2O3S. The molecule has 0 bridgehead atoms. The van der Waals surface area contributed by atoms with Gasteiger partial charge in [0.05, 0.1) is 10.0 Å². The Hall–Kier alpha value is -0.820. The van der Waals surface area contributed by atoms with Crippen molar-refractivity contribution < 1.29 is 13.2 Å². The predicted molar refractivity (Wildman–Crippen MR) is 82.1 cm³/mol. The zero-order valence-electron chi connectivity index (χ0n) is 11.4. The van der Waals surface area contributed by atoms with Crippen LogP contribution in [0.1, 0.15) is 36.5 Å². The normalized spacial score (nSPS) is 16.6. The number of amides is 1. The molecule has 3 N–H and O–H groups in total. The van der Waals surface area contributed by atoms with E-state index in [9.17, 15) is 13.2 Å². The Bertz CT molecular complexity index is 685. The van der Waals surface area contributed by atoms with Gasteiger partial charge in [0.15, 0.2) is 0 Å². The highest BCUT2D eigenvalue weighted by Crippen LogP contribution is 2.47. The topological polar surface area (TPSA) is 89.3 Å². The summed E-state index contributed by atoms with van der Waals surface area (Å²) in [7, 11) is -4.04. The lowest BCUT2D eigenvalue weighted by Crippen LogP contribution is -2.30. The Kier molecular flexibility index (Phi) is 4.54. The van der Waals surface area contributed by atoms with Crippen LogP contribution in [0.15, 0.2) is 17.0 Å². The molecule has 0 radical (unpaired) electrons. The Morgan fingerprint density at radius 2 is 2.00 bits per heavy atom. The summed E-state index contributed by atoms with van der Waals surface area (Å²) in [5.74, 6) is -0.391. The molecule has 2 rings (SSSR count). The minimum Gasteiger partial charge on any atom is -0.351 e. The summed E-state index contributed by atoms with van der Waals surface area (Å²) in [6, 6.07) is 2.48. The van der Waals surface area contributed by atoms with Crippen LogP contribution in [-0.2, 0) is 10.0 Å². The number of hydrogen-bond acceptors (Lipinski definition) is 3. The number of carbonyl (C=O) groups is 1. The van der Waals surface area contributed by atoms with E-state index in [-0.39, 0.29) is 25.9 Å². The second-order valence-electron chi connectivity index (χ2n) is 5.35. The molecule has 1 amide bonds. The van der Waals surface area contributed by atoms with Crippen molar-refractivity contribution in [3.05, 3.63) is 27.7 Å². The van der Waals surface area contributed by atoms with Gasteiger partial charge in [-0.15, -0.1) is 0 Å². The number of nitrogens with one attached hydrogen (secondary N) is 1. The van der Waals surface area contributed by atoms with Crippen LogP contribution in [0.4, 0.5) is 0 Å². The van der Waals surface area contributed by atoms with Crippen LogP contribution in [0.2, 0.25) is 10.0 Å². The van der Waals surface area contributed by atoms with Crippen molar-refractivity contribution in [3.63, 3.8) is 0 Å². The van der Waals surface area contributed by atoms with Gasteiger partial charge in [-0.25, -0.2) is 13.6 Å². The minimum absolute atomic E-state index is 0.0232. The molecular weight excluding hydrogens is 335 g/mol. The molecule has 1 aliphatic rings. The fraction of sp³-hybridized carbons (Fsp3) is 0.462. The molecule has 8 heteroatoms. The van der Waals surface area contributed by atoms with Gasteiger partial charge < -0.3 is 5.32 Å². The van der Waals surface area contributed by atoms with Crippen LogP contribution in [-0.4, -0.2) is 20.9 Å². The van der Waals surface area contributed by atoms with E-state index in [4.69, 9.17) is 28.3 Å². The summed E-state index contributed by atoms with van der Waals surface area (Å²) in [5.41, 5.74) is 0.314. The van der Waals surface area contributed by atoms with Crippen LogP contribution >= 0.6 is 23.2 Å². The zero-order valence-corrected chi connectivity index (χ0v) is 13.8. The molecule has 1 aromatic carbocycles. The van der Waals surface area contributed by atoms with Gasteiger partial charge in [-0.2, -0.15) is 0 Å². The summed E-state index contributed by atoms with van der Waals surface area (Å²) in [6.45, 7) is 2.64. The second-order valence-corrected chi connectivity index (χ2v) is 7.67. The molecule has 1 fully saturated rings. The van der Waals surface area contributed by atoms with E-state index in [1.54, 1.807) is 0 Å². The van der Waals surface area contributed by atoms with Crippen LogP contribution in [0.5, 0.6) is 0 Å². The summed E-state index contributed by atoms with van der Waals surface area (Å²) in [6.07, 6.45) is 3.18.